The minimum absolute atomic E-state index is 0.0854. The van der Waals surface area contributed by atoms with E-state index in [4.69, 9.17) is 0 Å². The van der Waals surface area contributed by atoms with Crippen molar-refractivity contribution >= 4 is 0 Å². The van der Waals surface area contributed by atoms with E-state index in [0.29, 0.717) is 0 Å². The predicted octanol–water partition coefficient (Wildman–Crippen LogP) is 3.57. The number of halogens is 7. The normalized spacial score (nSPS) is 16.0. The quantitative estimate of drug-likeness (QED) is 0.778. The Balaban J connectivity index is 2.72. The fourth-order valence-electron chi connectivity index (χ4n) is 1.37. The van der Waals surface area contributed by atoms with Gasteiger partial charge in [-0.2, -0.15) is 17.6 Å². The summed E-state index contributed by atoms with van der Waals surface area (Å²) in [5, 5.41) is 9.45. The van der Waals surface area contributed by atoms with Crippen LogP contribution in [0.25, 0.3) is 0 Å². The first-order chi connectivity index (χ1) is 9.59. The molecule has 1 aromatic carbocycles. The molecule has 0 saturated carbocycles. The summed E-state index contributed by atoms with van der Waals surface area (Å²) in [7, 11) is 0. The first kappa shape index (κ1) is 17.7. The van der Waals surface area contributed by atoms with Gasteiger partial charge in [-0.1, -0.05) is 30.3 Å². The van der Waals surface area contributed by atoms with Gasteiger partial charge < -0.3 is 9.84 Å². The first-order valence-corrected chi connectivity index (χ1v) is 5.64. The average Bonchev–Trinajstić information content (AvgIpc) is 2.44. The molecule has 0 aromatic heterocycles. The van der Waals surface area contributed by atoms with Crippen molar-refractivity contribution in [3.05, 3.63) is 35.9 Å². The van der Waals surface area contributed by atoms with E-state index in [2.05, 4.69) is 4.74 Å². The summed E-state index contributed by atoms with van der Waals surface area (Å²) in [6, 6.07) is 7.05. The molecular weight excluding hydrogens is 309 g/mol. The number of rotatable bonds is 7. The lowest BCUT2D eigenvalue weighted by Crippen LogP contribution is -2.52. The first-order valence-electron chi connectivity index (χ1n) is 5.64. The zero-order valence-corrected chi connectivity index (χ0v) is 10.3. The lowest BCUT2D eigenvalue weighted by molar-refractivity contribution is -0.372. The smallest absolute Gasteiger partial charge is 0.386 e. The highest BCUT2D eigenvalue weighted by Gasteiger charge is 2.66. The number of ether oxygens (including phenoxy) is 1. The summed E-state index contributed by atoms with van der Waals surface area (Å²) < 4.78 is 91.5. The van der Waals surface area contributed by atoms with Crippen LogP contribution in [-0.2, 0) is 4.74 Å². The third-order valence-corrected chi connectivity index (χ3v) is 2.56. The summed E-state index contributed by atoms with van der Waals surface area (Å²) in [6.45, 7) is -1.32. The molecule has 2 atom stereocenters. The highest BCUT2D eigenvalue weighted by molar-refractivity contribution is 5.17. The Morgan fingerprint density at radius 2 is 1.52 bits per heavy atom. The number of benzene rings is 1. The monoisotopic (exact) mass is 320 g/mol. The lowest BCUT2D eigenvalue weighted by Gasteiger charge is -2.28. The van der Waals surface area contributed by atoms with Gasteiger partial charge in [0.1, 0.15) is 6.10 Å². The van der Waals surface area contributed by atoms with Gasteiger partial charge in [0.2, 0.25) is 6.17 Å². The van der Waals surface area contributed by atoms with Gasteiger partial charge in [0.15, 0.2) is 0 Å². The van der Waals surface area contributed by atoms with Gasteiger partial charge in [0.25, 0.3) is 6.43 Å². The summed E-state index contributed by atoms with van der Waals surface area (Å²) in [6.07, 6.45) is -15.9. The molecule has 0 aliphatic heterocycles. The van der Waals surface area contributed by atoms with Crippen LogP contribution in [0.4, 0.5) is 30.7 Å². The molecule has 0 aliphatic carbocycles. The van der Waals surface area contributed by atoms with Crippen LogP contribution in [0.3, 0.4) is 0 Å². The van der Waals surface area contributed by atoms with Crippen molar-refractivity contribution in [2.45, 2.75) is 30.7 Å². The number of aliphatic hydroxyl groups is 1. The van der Waals surface area contributed by atoms with Crippen LogP contribution < -0.4 is 0 Å². The minimum atomic E-state index is -5.72. The van der Waals surface area contributed by atoms with Gasteiger partial charge in [-0.25, -0.2) is 13.2 Å². The van der Waals surface area contributed by atoms with Crippen molar-refractivity contribution in [1.29, 1.82) is 0 Å². The molecule has 1 N–H and O–H groups in total. The van der Waals surface area contributed by atoms with E-state index in [0.717, 1.165) is 0 Å². The molecule has 0 aliphatic rings. The molecule has 1 rings (SSSR count). The van der Waals surface area contributed by atoms with Crippen LogP contribution in [0.2, 0.25) is 0 Å². The maximum Gasteiger partial charge on any atom is 0.422 e. The van der Waals surface area contributed by atoms with Crippen LogP contribution in [0, 0.1) is 0 Å². The van der Waals surface area contributed by atoms with Gasteiger partial charge in [-0.15, -0.1) is 0 Å². The average molecular weight is 320 g/mol. The Labute approximate surface area is 115 Å². The molecule has 0 heterocycles. The number of alkyl halides is 7. The predicted molar refractivity (Wildman–Crippen MR) is 58.1 cm³/mol. The zero-order valence-electron chi connectivity index (χ0n) is 10.3. The Kier molecular flexibility index (Phi) is 5.57. The van der Waals surface area contributed by atoms with E-state index in [1.165, 1.54) is 24.3 Å². The Morgan fingerprint density at radius 3 is 2.00 bits per heavy atom. The number of hydrogen-bond donors (Lipinski definition) is 1. The molecule has 0 fully saturated rings. The molecule has 0 bridgehead atoms. The Morgan fingerprint density at radius 1 is 1.00 bits per heavy atom. The van der Waals surface area contributed by atoms with E-state index < -0.39 is 37.3 Å². The maximum absolute atomic E-state index is 13.0. The molecule has 120 valence electrons. The highest BCUT2D eigenvalue weighted by Crippen LogP contribution is 2.41. The van der Waals surface area contributed by atoms with Crippen molar-refractivity contribution in [1.82, 2.24) is 0 Å². The van der Waals surface area contributed by atoms with Gasteiger partial charge in [-0.3, -0.25) is 0 Å². The van der Waals surface area contributed by atoms with Crippen molar-refractivity contribution in [2.75, 3.05) is 6.61 Å². The molecule has 2 nitrogen and oxygen atoms in total. The van der Waals surface area contributed by atoms with Crippen molar-refractivity contribution in [3.8, 4) is 0 Å². The number of aliphatic hydroxyl groups excluding tert-OH is 1. The van der Waals surface area contributed by atoms with Crippen molar-refractivity contribution < 1.29 is 40.6 Å². The van der Waals surface area contributed by atoms with Crippen LogP contribution >= 0.6 is 0 Å². The largest absolute Gasteiger partial charge is 0.422 e. The van der Waals surface area contributed by atoms with Gasteiger partial charge >= 0.3 is 12.0 Å². The summed E-state index contributed by atoms with van der Waals surface area (Å²) in [5.41, 5.74) is 0.0854. The van der Waals surface area contributed by atoms with Gasteiger partial charge in [0.05, 0.1) is 6.61 Å². The molecule has 1 unspecified atom stereocenters. The molecule has 1 aromatic rings. The van der Waals surface area contributed by atoms with Gasteiger partial charge in [-0.05, 0) is 5.56 Å². The second-order valence-electron chi connectivity index (χ2n) is 4.11. The minimum Gasteiger partial charge on any atom is -0.386 e. The molecule has 0 spiro atoms. The second-order valence-corrected chi connectivity index (χ2v) is 4.11. The number of hydrogen-bond acceptors (Lipinski definition) is 2. The SMILES string of the molecule is O[C@H](COC(F)(F)C(F)(F)C(F)C(F)F)c1ccccc1. The van der Waals surface area contributed by atoms with E-state index in [-0.39, 0.29) is 5.56 Å². The van der Waals surface area contributed by atoms with E-state index in [1.807, 2.05) is 0 Å². The molecule has 0 saturated heterocycles. The standard InChI is InChI=1S/C12H11F7O2/c13-9(10(14)15)11(16,17)12(18,19)21-6-8(20)7-4-2-1-3-5-7/h1-5,8-10,20H,6H2/t8-,9?/m1/s1. The maximum atomic E-state index is 13.0. The lowest BCUT2D eigenvalue weighted by atomic mass is 10.1. The Hall–Kier alpha value is -1.35. The fraction of sp³-hybridized carbons (Fsp3) is 0.500. The molecule has 21 heavy (non-hydrogen) atoms. The molecular formula is C12H11F7O2. The van der Waals surface area contributed by atoms with E-state index >= 15 is 0 Å². The fourth-order valence-corrected chi connectivity index (χ4v) is 1.37. The zero-order chi connectivity index (χ0) is 16.3. The van der Waals surface area contributed by atoms with Crippen molar-refractivity contribution in [3.63, 3.8) is 0 Å². The van der Waals surface area contributed by atoms with E-state index in [9.17, 15) is 35.8 Å². The van der Waals surface area contributed by atoms with Crippen LogP contribution in [0.5, 0.6) is 0 Å². The summed E-state index contributed by atoms with van der Waals surface area (Å²) >= 11 is 0. The van der Waals surface area contributed by atoms with Crippen LogP contribution in [-0.4, -0.2) is 36.3 Å². The second kappa shape index (κ2) is 6.61. The molecule has 0 radical (unpaired) electrons. The molecule has 9 heteroatoms. The van der Waals surface area contributed by atoms with Gasteiger partial charge in [0, 0.05) is 0 Å². The van der Waals surface area contributed by atoms with Crippen molar-refractivity contribution in [2.24, 2.45) is 0 Å². The third-order valence-electron chi connectivity index (χ3n) is 2.56. The Bertz CT molecular complexity index is 438. The van der Waals surface area contributed by atoms with Crippen LogP contribution in [0.15, 0.2) is 30.3 Å². The topological polar surface area (TPSA) is 29.5 Å². The molecule has 0 amide bonds. The third kappa shape index (κ3) is 4.07. The van der Waals surface area contributed by atoms with Crippen LogP contribution in [0.1, 0.15) is 11.7 Å². The highest BCUT2D eigenvalue weighted by atomic mass is 19.3. The van der Waals surface area contributed by atoms with E-state index in [1.54, 1.807) is 6.07 Å². The summed E-state index contributed by atoms with van der Waals surface area (Å²) in [4.78, 5) is 0. The summed E-state index contributed by atoms with van der Waals surface area (Å²) in [5.74, 6) is -5.72.